The van der Waals surface area contributed by atoms with Crippen molar-refractivity contribution in [2.24, 2.45) is 0 Å². The molecule has 0 fully saturated rings. The predicted molar refractivity (Wildman–Crippen MR) is 156 cm³/mol. The maximum absolute atomic E-state index is 11.1. The first-order valence-electron chi connectivity index (χ1n) is 13.3. The largest absolute Gasteiger partial charge is 0.496 e. The van der Waals surface area contributed by atoms with E-state index in [0.717, 1.165) is 41.5 Å². The van der Waals surface area contributed by atoms with E-state index in [9.17, 15) is 8.42 Å². The molecule has 0 spiro atoms. The van der Waals surface area contributed by atoms with Crippen LogP contribution in [-0.2, 0) is 32.1 Å². The molecule has 1 atom stereocenters. The molecule has 40 heavy (non-hydrogen) atoms. The van der Waals surface area contributed by atoms with Crippen LogP contribution in [0.2, 0.25) is 0 Å². The third kappa shape index (κ3) is 10.3. The summed E-state index contributed by atoms with van der Waals surface area (Å²) in [5.74, 6) is 2.16. The number of rotatable bonds is 17. The molecule has 10 nitrogen and oxygen atoms in total. The summed E-state index contributed by atoms with van der Waals surface area (Å²) < 4.78 is 44.4. The highest BCUT2D eigenvalue weighted by Gasteiger charge is 2.18. The van der Waals surface area contributed by atoms with Gasteiger partial charge in [-0.05, 0) is 30.5 Å². The number of nitrogens with zero attached hydrogens (tertiary/aromatic N) is 2. The van der Waals surface area contributed by atoms with E-state index >= 15 is 0 Å². The van der Waals surface area contributed by atoms with Crippen molar-refractivity contribution >= 4 is 21.9 Å². The second-order valence-electron chi connectivity index (χ2n) is 9.50. The molecular weight excluding hydrogens is 532 g/mol. The molecule has 0 radical (unpaired) electrons. The lowest BCUT2D eigenvalue weighted by Crippen LogP contribution is -2.27. The molecule has 3 rings (SSSR count). The van der Waals surface area contributed by atoms with Crippen molar-refractivity contribution in [3.05, 3.63) is 70.9 Å². The lowest BCUT2D eigenvalue weighted by atomic mass is 10.0. The van der Waals surface area contributed by atoms with Crippen molar-refractivity contribution in [1.29, 1.82) is 0 Å². The average Bonchev–Trinajstić information content (AvgIpc) is 2.91. The van der Waals surface area contributed by atoms with Crippen molar-refractivity contribution in [3.8, 4) is 11.5 Å². The fraction of sp³-hybridized carbons (Fsp3) is 0.448. The van der Waals surface area contributed by atoms with E-state index in [0.29, 0.717) is 50.0 Å². The summed E-state index contributed by atoms with van der Waals surface area (Å²) in [7, 11) is -1.85. The number of benzene rings is 2. The Bertz CT molecular complexity index is 1320. The zero-order valence-corrected chi connectivity index (χ0v) is 24.5. The van der Waals surface area contributed by atoms with Gasteiger partial charge in [-0.3, -0.25) is 4.18 Å². The van der Waals surface area contributed by atoms with E-state index < -0.39 is 10.1 Å². The van der Waals surface area contributed by atoms with E-state index in [-0.39, 0.29) is 18.6 Å². The number of hydrogen-bond acceptors (Lipinski definition) is 10. The highest BCUT2D eigenvalue weighted by molar-refractivity contribution is 7.85. The molecule has 0 amide bonds. The molecule has 11 heteroatoms. The lowest BCUT2D eigenvalue weighted by Gasteiger charge is -2.22. The van der Waals surface area contributed by atoms with Crippen LogP contribution in [0, 0.1) is 6.92 Å². The summed E-state index contributed by atoms with van der Waals surface area (Å²) in [4.78, 5) is 8.96. The fourth-order valence-corrected chi connectivity index (χ4v) is 4.61. The van der Waals surface area contributed by atoms with Gasteiger partial charge in [-0.15, -0.1) is 0 Å². The molecule has 0 aliphatic heterocycles. The number of nitrogens with one attached hydrogen (secondary N) is 1. The third-order valence-corrected chi connectivity index (χ3v) is 6.72. The van der Waals surface area contributed by atoms with Gasteiger partial charge in [-0.25, -0.2) is 4.98 Å². The van der Waals surface area contributed by atoms with Gasteiger partial charge in [0.1, 0.15) is 17.3 Å². The number of nitrogen functional groups attached to an aromatic ring is 1. The number of ether oxygens (including phenoxy) is 3. The molecule has 2 aromatic carbocycles. The van der Waals surface area contributed by atoms with Gasteiger partial charge in [-0.1, -0.05) is 49.7 Å². The SMILES string of the molecule is CCCC(COCc1ccccc1)Nc1nc(N)nc(C)c1Cc1ccc(OCCCOS(C)(=O)=O)cc1OC. The molecule has 0 aliphatic carbocycles. The Hall–Kier alpha value is -3.41. The van der Waals surface area contributed by atoms with Crippen LogP contribution < -0.4 is 20.5 Å². The number of methoxy groups -OCH3 is 1. The molecular formula is C29H40N4O6S. The number of hydrogen-bond donors (Lipinski definition) is 2. The standard InChI is InChI=1S/C29H40N4O6S/c1-5-10-24(20-37-19-22-11-7-6-8-12-22)32-28-26(21(2)31-29(30)33-28)17-23-13-14-25(18-27(23)36-3)38-15-9-16-39-40(4,34)35/h6-8,11-14,18,24H,5,9-10,15-17,19-20H2,1-4H3,(H3,30,31,32,33). The van der Waals surface area contributed by atoms with Gasteiger partial charge in [-0.2, -0.15) is 13.4 Å². The zero-order valence-electron chi connectivity index (χ0n) is 23.7. The number of anilines is 2. The molecule has 1 aromatic heterocycles. The average molecular weight is 573 g/mol. The van der Waals surface area contributed by atoms with E-state index in [2.05, 4.69) is 22.2 Å². The fourth-order valence-electron chi connectivity index (χ4n) is 4.19. The summed E-state index contributed by atoms with van der Waals surface area (Å²) in [5.41, 5.74) is 9.80. The Labute approximate surface area is 237 Å². The van der Waals surface area contributed by atoms with Crippen LogP contribution in [0.15, 0.2) is 48.5 Å². The molecule has 0 aliphatic rings. The number of aromatic nitrogens is 2. The maximum Gasteiger partial charge on any atom is 0.264 e. The minimum absolute atomic E-state index is 0.0468. The van der Waals surface area contributed by atoms with Crippen LogP contribution in [0.1, 0.15) is 48.6 Å². The summed E-state index contributed by atoms with van der Waals surface area (Å²) in [6, 6.07) is 15.7. The molecule has 0 saturated heterocycles. The Morgan fingerprint density at radius 2 is 1.85 bits per heavy atom. The second-order valence-corrected chi connectivity index (χ2v) is 11.1. The maximum atomic E-state index is 11.1. The van der Waals surface area contributed by atoms with Gasteiger partial charge in [0.05, 0.1) is 45.8 Å². The predicted octanol–water partition coefficient (Wildman–Crippen LogP) is 4.51. The van der Waals surface area contributed by atoms with Crippen LogP contribution in [0.25, 0.3) is 0 Å². The Kier molecular flexibility index (Phi) is 12.0. The number of nitrogens with two attached hydrogens (primary N) is 1. The van der Waals surface area contributed by atoms with Gasteiger partial charge in [0.25, 0.3) is 10.1 Å². The Morgan fingerprint density at radius 1 is 1.07 bits per heavy atom. The van der Waals surface area contributed by atoms with Crippen molar-refractivity contribution in [3.63, 3.8) is 0 Å². The molecule has 0 bridgehead atoms. The second kappa shape index (κ2) is 15.4. The minimum Gasteiger partial charge on any atom is -0.496 e. The quantitative estimate of drug-likeness (QED) is 0.176. The molecule has 1 unspecified atom stereocenters. The highest BCUT2D eigenvalue weighted by atomic mass is 32.2. The zero-order chi connectivity index (χ0) is 29.0. The van der Waals surface area contributed by atoms with Crippen LogP contribution >= 0.6 is 0 Å². The normalized spacial score (nSPS) is 12.2. The Morgan fingerprint density at radius 3 is 2.55 bits per heavy atom. The first-order chi connectivity index (χ1) is 19.2. The van der Waals surface area contributed by atoms with Gasteiger partial charge < -0.3 is 25.3 Å². The van der Waals surface area contributed by atoms with Crippen molar-refractivity contribution in [1.82, 2.24) is 9.97 Å². The lowest BCUT2D eigenvalue weighted by molar-refractivity contribution is 0.110. The monoisotopic (exact) mass is 572 g/mol. The van der Waals surface area contributed by atoms with Crippen LogP contribution in [0.4, 0.5) is 11.8 Å². The van der Waals surface area contributed by atoms with Crippen molar-refractivity contribution in [2.75, 3.05) is 44.2 Å². The van der Waals surface area contributed by atoms with Crippen molar-refractivity contribution < 1.29 is 26.8 Å². The van der Waals surface area contributed by atoms with E-state index in [1.807, 2.05) is 55.5 Å². The van der Waals surface area contributed by atoms with E-state index in [1.54, 1.807) is 7.11 Å². The Balaban J connectivity index is 1.70. The molecule has 0 saturated carbocycles. The first-order valence-corrected chi connectivity index (χ1v) is 15.2. The van der Waals surface area contributed by atoms with E-state index in [1.165, 1.54) is 0 Å². The number of aryl methyl sites for hydroxylation is 1. The minimum atomic E-state index is -3.46. The van der Waals surface area contributed by atoms with Gasteiger partial charge in [0.15, 0.2) is 0 Å². The highest BCUT2D eigenvalue weighted by Crippen LogP contribution is 2.30. The molecule has 3 N–H and O–H groups in total. The molecule has 218 valence electrons. The van der Waals surface area contributed by atoms with Gasteiger partial charge in [0, 0.05) is 30.2 Å². The summed E-state index contributed by atoms with van der Waals surface area (Å²) in [6.45, 7) is 5.49. The summed E-state index contributed by atoms with van der Waals surface area (Å²) in [5, 5.41) is 3.56. The summed E-state index contributed by atoms with van der Waals surface area (Å²) in [6.07, 6.45) is 3.86. The first kappa shape index (κ1) is 31.1. The van der Waals surface area contributed by atoms with Gasteiger partial charge >= 0.3 is 0 Å². The van der Waals surface area contributed by atoms with Gasteiger partial charge in [0.2, 0.25) is 5.95 Å². The summed E-state index contributed by atoms with van der Waals surface area (Å²) >= 11 is 0. The van der Waals surface area contributed by atoms with Crippen molar-refractivity contribution in [2.45, 2.75) is 52.2 Å². The molecule has 1 heterocycles. The van der Waals surface area contributed by atoms with Crippen LogP contribution in [-0.4, -0.2) is 57.6 Å². The smallest absolute Gasteiger partial charge is 0.264 e. The van der Waals surface area contributed by atoms with E-state index in [4.69, 9.17) is 24.1 Å². The molecule has 3 aromatic rings. The van der Waals surface area contributed by atoms with Crippen LogP contribution in [0.3, 0.4) is 0 Å². The van der Waals surface area contributed by atoms with Crippen LogP contribution in [0.5, 0.6) is 11.5 Å². The third-order valence-electron chi connectivity index (χ3n) is 6.12. The topological polar surface area (TPSA) is 135 Å².